The minimum Gasteiger partial charge on any atom is -0.369 e. The maximum Gasteiger partial charge on any atom is 0.347 e. The first-order valence-electron chi connectivity index (χ1n) is 10.8. The number of alkyl halides is 1. The molecule has 1 aromatic heterocycles. The summed E-state index contributed by atoms with van der Waals surface area (Å²) < 4.78 is 14.8. The molecule has 2 aromatic rings. The van der Waals surface area contributed by atoms with E-state index >= 15 is 0 Å². The number of aryl methyl sites for hydroxylation is 2. The summed E-state index contributed by atoms with van der Waals surface area (Å²) in [5, 5.41) is 3.93. The van der Waals surface area contributed by atoms with Gasteiger partial charge < -0.3 is 4.90 Å². The van der Waals surface area contributed by atoms with Crippen LogP contribution in [0.2, 0.25) is 0 Å². The van der Waals surface area contributed by atoms with E-state index in [1.54, 1.807) is 0 Å². The number of aromatic nitrogens is 3. The van der Waals surface area contributed by atoms with Crippen molar-refractivity contribution < 1.29 is 4.39 Å². The fraction of sp³-hybridized carbons (Fsp3) is 0.591. The number of anilines is 1. The van der Waals surface area contributed by atoms with Gasteiger partial charge in [-0.05, 0) is 56.3 Å². The van der Waals surface area contributed by atoms with Crippen molar-refractivity contribution in [3.63, 3.8) is 0 Å². The lowest BCUT2D eigenvalue weighted by atomic mass is 10.1. The summed E-state index contributed by atoms with van der Waals surface area (Å²) in [5.74, 6) is 0. The molecule has 8 heteroatoms. The molecule has 164 valence electrons. The molecule has 0 N–H and O–H groups in total. The highest BCUT2D eigenvalue weighted by Crippen LogP contribution is 2.19. The number of unbranched alkanes of at least 4 members (excludes halogenated alkanes) is 2. The zero-order chi connectivity index (χ0) is 21.3. The van der Waals surface area contributed by atoms with Gasteiger partial charge in [0.05, 0.1) is 6.67 Å². The summed E-state index contributed by atoms with van der Waals surface area (Å²) >= 11 is 0. The normalized spacial score (nSPS) is 14.9. The van der Waals surface area contributed by atoms with Gasteiger partial charge >= 0.3 is 5.69 Å². The quantitative estimate of drug-likeness (QED) is 0.553. The van der Waals surface area contributed by atoms with Crippen LogP contribution >= 0.6 is 0 Å². The standard InChI is InChI=1S/C22H32FN5O2/c1-25-21(29)18-24-28(22(25)30)12-5-4-11-26-13-15-27(16-14-26)20-9-6-8-19(17-20)7-2-3-10-23/h6,8-9,17-18H,2-5,7,10-16H2,1H3/i23-1. The third kappa shape index (κ3) is 6.01. The summed E-state index contributed by atoms with van der Waals surface area (Å²) in [5.41, 5.74) is 1.81. The number of piperazine rings is 1. The molecule has 0 saturated carbocycles. The Hall–Kier alpha value is -2.48. The van der Waals surface area contributed by atoms with Gasteiger partial charge in [0.25, 0.3) is 5.56 Å². The Morgan fingerprint density at radius 2 is 1.77 bits per heavy atom. The van der Waals surface area contributed by atoms with Crippen molar-refractivity contribution in [1.82, 2.24) is 19.2 Å². The highest BCUT2D eigenvalue weighted by Gasteiger charge is 2.17. The molecule has 7 nitrogen and oxygen atoms in total. The van der Waals surface area contributed by atoms with Crippen LogP contribution in [-0.2, 0) is 20.0 Å². The third-order valence-electron chi connectivity index (χ3n) is 5.74. The van der Waals surface area contributed by atoms with Crippen molar-refractivity contribution in [2.24, 2.45) is 7.05 Å². The van der Waals surface area contributed by atoms with E-state index in [2.05, 4.69) is 39.2 Å². The molecule has 3 rings (SSSR count). The molecule has 0 amide bonds. The molecule has 2 heterocycles. The lowest BCUT2D eigenvalue weighted by molar-refractivity contribution is 0.250. The highest BCUT2D eigenvalue weighted by atomic mass is 18.2. The van der Waals surface area contributed by atoms with Crippen LogP contribution in [0.3, 0.4) is 0 Å². The van der Waals surface area contributed by atoms with Crippen molar-refractivity contribution >= 4 is 5.69 Å². The van der Waals surface area contributed by atoms with Gasteiger partial charge in [-0.2, -0.15) is 5.10 Å². The van der Waals surface area contributed by atoms with Gasteiger partial charge in [-0.15, -0.1) is 0 Å². The summed E-state index contributed by atoms with van der Waals surface area (Å²) in [7, 11) is 1.47. The van der Waals surface area contributed by atoms with E-state index in [1.165, 1.54) is 29.2 Å². The van der Waals surface area contributed by atoms with Gasteiger partial charge in [0.1, 0.15) is 6.20 Å². The second-order valence-electron chi connectivity index (χ2n) is 7.90. The summed E-state index contributed by atoms with van der Waals surface area (Å²) in [4.78, 5) is 28.3. The third-order valence-corrected chi connectivity index (χ3v) is 5.74. The minimum atomic E-state index is -0.376. The second kappa shape index (κ2) is 11.1. The predicted octanol–water partition coefficient (Wildman–Crippen LogP) is 1.84. The Labute approximate surface area is 176 Å². The van der Waals surface area contributed by atoms with Crippen LogP contribution < -0.4 is 16.1 Å². The molecule has 30 heavy (non-hydrogen) atoms. The first-order valence-corrected chi connectivity index (χ1v) is 10.8. The lowest BCUT2D eigenvalue weighted by Crippen LogP contribution is -2.46. The van der Waals surface area contributed by atoms with Crippen molar-refractivity contribution in [1.29, 1.82) is 0 Å². The van der Waals surface area contributed by atoms with Crippen LogP contribution in [-0.4, -0.2) is 58.6 Å². The number of nitrogens with zero attached hydrogens (tertiary/aromatic N) is 5. The average molecular weight is 417 g/mol. The Bertz CT molecular complexity index is 918. The number of halogens is 1. The SMILES string of the molecule is Cn1c(=O)cnn(CCCCN2CCN(c3cccc(CCCC[18F])c3)CC2)c1=O. The van der Waals surface area contributed by atoms with Crippen molar-refractivity contribution in [3.05, 3.63) is 56.9 Å². The van der Waals surface area contributed by atoms with Crippen LogP contribution in [0.25, 0.3) is 0 Å². The van der Waals surface area contributed by atoms with Crippen molar-refractivity contribution in [2.75, 3.05) is 44.3 Å². The van der Waals surface area contributed by atoms with E-state index in [4.69, 9.17) is 0 Å². The van der Waals surface area contributed by atoms with Gasteiger partial charge in [-0.1, -0.05) is 12.1 Å². The number of hydrogen-bond acceptors (Lipinski definition) is 5. The largest absolute Gasteiger partial charge is 0.369 e. The van der Waals surface area contributed by atoms with Crippen molar-refractivity contribution in [3.8, 4) is 0 Å². The van der Waals surface area contributed by atoms with Crippen LogP contribution in [0.15, 0.2) is 40.1 Å². The zero-order valence-electron chi connectivity index (χ0n) is 17.8. The molecule has 0 aliphatic carbocycles. The van der Waals surface area contributed by atoms with Crippen molar-refractivity contribution in [2.45, 2.75) is 38.6 Å². The fourth-order valence-electron chi connectivity index (χ4n) is 3.83. The van der Waals surface area contributed by atoms with Gasteiger partial charge in [0.15, 0.2) is 0 Å². The van der Waals surface area contributed by atoms with Gasteiger partial charge in [-0.3, -0.25) is 18.7 Å². The molecule has 0 bridgehead atoms. The second-order valence-corrected chi connectivity index (χ2v) is 7.90. The number of benzene rings is 1. The Kier molecular flexibility index (Phi) is 8.19. The van der Waals surface area contributed by atoms with Gasteiger partial charge in [-0.25, -0.2) is 9.48 Å². The van der Waals surface area contributed by atoms with Gasteiger partial charge in [0, 0.05) is 45.5 Å². The molecule has 1 aliphatic heterocycles. The first kappa shape index (κ1) is 22.2. The zero-order valence-corrected chi connectivity index (χ0v) is 17.8. The monoisotopic (exact) mass is 416 g/mol. The average Bonchev–Trinajstić information content (AvgIpc) is 2.77. The molecule has 1 aliphatic rings. The van der Waals surface area contributed by atoms with E-state index in [1.807, 2.05) is 0 Å². The molecule has 1 saturated heterocycles. The molecule has 0 atom stereocenters. The Morgan fingerprint density at radius 1 is 1.00 bits per heavy atom. The Morgan fingerprint density at radius 3 is 2.53 bits per heavy atom. The molecular formula is C22H32FN5O2. The van der Waals surface area contributed by atoms with E-state index in [0.717, 1.165) is 63.0 Å². The van der Waals surface area contributed by atoms with Crippen LogP contribution in [0, 0.1) is 0 Å². The fourth-order valence-corrected chi connectivity index (χ4v) is 3.83. The minimum absolute atomic E-state index is 0.236. The first-order chi connectivity index (χ1) is 14.6. The molecule has 0 radical (unpaired) electrons. The summed E-state index contributed by atoms with van der Waals surface area (Å²) in [6.45, 7) is 5.32. The predicted molar refractivity (Wildman–Crippen MR) is 117 cm³/mol. The van der Waals surface area contributed by atoms with Crippen LogP contribution in [0.1, 0.15) is 31.2 Å². The smallest absolute Gasteiger partial charge is 0.347 e. The highest BCUT2D eigenvalue weighted by molar-refractivity contribution is 5.49. The topological polar surface area (TPSA) is 63.4 Å². The van der Waals surface area contributed by atoms with E-state index in [9.17, 15) is 14.0 Å². The molecule has 0 spiro atoms. The maximum absolute atomic E-state index is 12.3. The molecule has 0 unspecified atom stereocenters. The Balaban J connectivity index is 1.40. The number of rotatable bonds is 10. The van der Waals surface area contributed by atoms with Gasteiger partial charge in [0.2, 0.25) is 0 Å². The van der Waals surface area contributed by atoms with E-state index in [-0.39, 0.29) is 17.9 Å². The maximum atomic E-state index is 12.3. The van der Waals surface area contributed by atoms with E-state index in [0.29, 0.717) is 13.0 Å². The van der Waals surface area contributed by atoms with Crippen LogP contribution in [0.4, 0.5) is 10.1 Å². The van der Waals surface area contributed by atoms with E-state index < -0.39 is 0 Å². The molecular weight excluding hydrogens is 384 g/mol. The van der Waals surface area contributed by atoms with Crippen LogP contribution in [0.5, 0.6) is 0 Å². The summed E-state index contributed by atoms with van der Waals surface area (Å²) in [6.07, 6.45) is 5.50. The summed E-state index contributed by atoms with van der Waals surface area (Å²) in [6, 6.07) is 8.63. The number of hydrogen-bond donors (Lipinski definition) is 0. The lowest BCUT2D eigenvalue weighted by Gasteiger charge is -2.36. The molecule has 1 fully saturated rings. The molecule has 1 aromatic carbocycles.